The fraction of sp³-hybridized carbons (Fsp3) is 0.188. The van der Waals surface area contributed by atoms with Crippen molar-refractivity contribution in [3.63, 3.8) is 0 Å². The Balaban J connectivity index is 2.69. The Labute approximate surface area is 144 Å². The number of hydrogen-bond donors (Lipinski definition) is 0. The number of rotatable bonds is 4. The van der Waals surface area contributed by atoms with Gasteiger partial charge in [-0.2, -0.15) is 10.4 Å². The molecule has 0 saturated carbocycles. The first kappa shape index (κ1) is 18.2. The van der Waals surface area contributed by atoms with Gasteiger partial charge in [-0.15, -0.1) is 5.11 Å². The number of aryl methyl sites for hydroxylation is 2. The summed E-state index contributed by atoms with van der Waals surface area (Å²) in [5.74, 6) is 0. The van der Waals surface area contributed by atoms with Gasteiger partial charge < -0.3 is 0 Å². The van der Waals surface area contributed by atoms with Crippen molar-refractivity contribution in [2.75, 3.05) is 6.26 Å². The Hall–Kier alpha value is -3.12. The molecule has 0 atom stereocenters. The van der Waals surface area contributed by atoms with Crippen molar-refractivity contribution in [3.8, 4) is 6.07 Å². The number of hydrogen-bond acceptors (Lipinski definition) is 7. The topological polar surface area (TPSA) is 126 Å². The maximum atomic E-state index is 12.0. The molecule has 0 amide bonds. The SMILES string of the molecule is Cc1ccc(N=Nc2c(C#N)cc([N+](=O)[O-])cc2S(C)(=O)=O)c(C)c1. The van der Waals surface area contributed by atoms with Gasteiger partial charge in [0.05, 0.1) is 16.2 Å². The number of non-ortho nitro benzene ring substituents is 1. The third-order valence-electron chi connectivity index (χ3n) is 3.40. The highest BCUT2D eigenvalue weighted by molar-refractivity contribution is 7.90. The molecule has 2 rings (SSSR count). The molecule has 0 unspecified atom stereocenters. The summed E-state index contributed by atoms with van der Waals surface area (Å²) < 4.78 is 24.0. The van der Waals surface area contributed by atoms with E-state index in [4.69, 9.17) is 0 Å². The minimum Gasteiger partial charge on any atom is -0.258 e. The van der Waals surface area contributed by atoms with Crippen LogP contribution < -0.4 is 0 Å². The lowest BCUT2D eigenvalue weighted by molar-refractivity contribution is -0.385. The number of nitro benzene ring substituents is 1. The van der Waals surface area contributed by atoms with Gasteiger partial charge in [0.15, 0.2) is 9.84 Å². The second-order valence-electron chi connectivity index (χ2n) is 5.47. The zero-order valence-corrected chi connectivity index (χ0v) is 14.5. The fourth-order valence-electron chi connectivity index (χ4n) is 2.19. The van der Waals surface area contributed by atoms with Gasteiger partial charge in [0.25, 0.3) is 5.69 Å². The fourth-order valence-corrected chi connectivity index (χ4v) is 3.03. The molecule has 128 valence electrons. The molecule has 0 radical (unpaired) electrons. The molecule has 0 fully saturated rings. The number of benzene rings is 2. The van der Waals surface area contributed by atoms with Crippen LogP contribution in [0.4, 0.5) is 17.1 Å². The van der Waals surface area contributed by atoms with Crippen molar-refractivity contribution < 1.29 is 13.3 Å². The summed E-state index contributed by atoms with van der Waals surface area (Å²) in [4.78, 5) is 9.79. The molecule has 0 spiro atoms. The predicted molar refractivity (Wildman–Crippen MR) is 91.0 cm³/mol. The minimum absolute atomic E-state index is 0.212. The van der Waals surface area contributed by atoms with Gasteiger partial charge in [0.1, 0.15) is 16.7 Å². The van der Waals surface area contributed by atoms with E-state index >= 15 is 0 Å². The molecule has 8 nitrogen and oxygen atoms in total. The van der Waals surface area contributed by atoms with E-state index < -0.39 is 25.3 Å². The molecule has 0 saturated heterocycles. The van der Waals surface area contributed by atoms with E-state index in [-0.39, 0.29) is 11.3 Å². The first-order valence-electron chi connectivity index (χ1n) is 7.05. The molecule has 0 aliphatic rings. The molecule has 0 heterocycles. The predicted octanol–water partition coefficient (Wildman–Crippen LogP) is 3.90. The number of azo groups is 1. The van der Waals surface area contributed by atoms with Crippen molar-refractivity contribution in [3.05, 3.63) is 57.1 Å². The van der Waals surface area contributed by atoms with E-state index in [2.05, 4.69) is 10.2 Å². The monoisotopic (exact) mass is 358 g/mol. The summed E-state index contributed by atoms with van der Waals surface area (Å²) in [6, 6.07) is 9.01. The molecule has 2 aromatic rings. The number of nitriles is 1. The van der Waals surface area contributed by atoms with Crippen LogP contribution in [0.2, 0.25) is 0 Å². The normalized spacial score (nSPS) is 11.4. The largest absolute Gasteiger partial charge is 0.272 e. The zero-order chi connectivity index (χ0) is 18.8. The van der Waals surface area contributed by atoms with Crippen LogP contribution >= 0.6 is 0 Å². The third-order valence-corrected chi connectivity index (χ3v) is 4.51. The van der Waals surface area contributed by atoms with Crippen molar-refractivity contribution in [1.29, 1.82) is 5.26 Å². The van der Waals surface area contributed by atoms with Gasteiger partial charge in [-0.25, -0.2) is 8.42 Å². The van der Waals surface area contributed by atoms with Crippen LogP contribution in [-0.2, 0) is 9.84 Å². The number of nitro groups is 1. The van der Waals surface area contributed by atoms with Gasteiger partial charge in [0, 0.05) is 18.4 Å². The molecule has 0 bridgehead atoms. The quantitative estimate of drug-likeness (QED) is 0.465. The highest BCUT2D eigenvalue weighted by Crippen LogP contribution is 2.34. The van der Waals surface area contributed by atoms with Crippen LogP contribution in [0.3, 0.4) is 0 Å². The number of nitrogens with zero attached hydrogens (tertiary/aromatic N) is 4. The standard InChI is InChI=1S/C16H14N4O4S/c1-10-4-5-14(11(2)6-10)18-19-16-12(9-17)7-13(20(21)22)8-15(16)25(3,23)24/h4-8H,1-3H3. The lowest BCUT2D eigenvalue weighted by atomic mass is 10.1. The van der Waals surface area contributed by atoms with Crippen molar-refractivity contribution in [2.45, 2.75) is 18.7 Å². The zero-order valence-electron chi connectivity index (χ0n) is 13.7. The first-order chi connectivity index (χ1) is 11.6. The van der Waals surface area contributed by atoms with Crippen LogP contribution in [0.5, 0.6) is 0 Å². The minimum atomic E-state index is -3.85. The van der Waals surface area contributed by atoms with Gasteiger partial charge in [-0.1, -0.05) is 17.7 Å². The lowest BCUT2D eigenvalue weighted by Crippen LogP contribution is -2.01. The smallest absolute Gasteiger partial charge is 0.258 e. The van der Waals surface area contributed by atoms with E-state index in [0.717, 1.165) is 29.5 Å². The maximum absolute atomic E-state index is 12.0. The molecule has 0 N–H and O–H groups in total. The third kappa shape index (κ3) is 4.05. The average molecular weight is 358 g/mol. The number of sulfone groups is 1. The molecular weight excluding hydrogens is 344 g/mol. The van der Waals surface area contributed by atoms with Crippen LogP contribution in [-0.4, -0.2) is 19.6 Å². The Bertz CT molecular complexity index is 1040. The Morgan fingerprint density at radius 1 is 1.16 bits per heavy atom. The summed E-state index contributed by atoms with van der Waals surface area (Å²) in [6.07, 6.45) is 0.892. The van der Waals surface area contributed by atoms with Gasteiger partial charge >= 0.3 is 0 Å². The summed E-state index contributed by atoms with van der Waals surface area (Å²) in [5.41, 5.74) is 1.42. The van der Waals surface area contributed by atoms with Gasteiger partial charge in [0.2, 0.25) is 0 Å². The van der Waals surface area contributed by atoms with E-state index in [1.807, 2.05) is 26.0 Å². The van der Waals surface area contributed by atoms with E-state index in [9.17, 15) is 23.8 Å². The second-order valence-corrected chi connectivity index (χ2v) is 7.46. The molecule has 0 aliphatic carbocycles. The van der Waals surface area contributed by atoms with E-state index in [0.29, 0.717) is 5.69 Å². The van der Waals surface area contributed by atoms with Gasteiger partial charge in [-0.3, -0.25) is 10.1 Å². The van der Waals surface area contributed by atoms with E-state index in [1.54, 1.807) is 12.1 Å². The van der Waals surface area contributed by atoms with Gasteiger partial charge in [-0.05, 0) is 25.5 Å². The average Bonchev–Trinajstić information content (AvgIpc) is 2.52. The molecule has 9 heteroatoms. The van der Waals surface area contributed by atoms with Crippen LogP contribution in [0.15, 0.2) is 45.5 Å². The molecule has 0 aliphatic heterocycles. The summed E-state index contributed by atoms with van der Waals surface area (Å²) in [6.45, 7) is 3.74. The van der Waals surface area contributed by atoms with Crippen LogP contribution in [0.25, 0.3) is 0 Å². The second kappa shape index (κ2) is 6.78. The summed E-state index contributed by atoms with van der Waals surface area (Å²) in [7, 11) is -3.85. The van der Waals surface area contributed by atoms with Crippen molar-refractivity contribution in [1.82, 2.24) is 0 Å². The van der Waals surface area contributed by atoms with Crippen molar-refractivity contribution in [2.24, 2.45) is 10.2 Å². The highest BCUT2D eigenvalue weighted by Gasteiger charge is 2.23. The van der Waals surface area contributed by atoms with Crippen molar-refractivity contribution >= 4 is 26.9 Å². The first-order valence-corrected chi connectivity index (χ1v) is 8.94. The molecule has 0 aromatic heterocycles. The molecule has 25 heavy (non-hydrogen) atoms. The summed E-state index contributed by atoms with van der Waals surface area (Å²) >= 11 is 0. The Kier molecular flexibility index (Phi) is 4.94. The van der Waals surface area contributed by atoms with Crippen LogP contribution in [0, 0.1) is 35.3 Å². The highest BCUT2D eigenvalue weighted by atomic mass is 32.2. The molecule has 2 aromatic carbocycles. The lowest BCUT2D eigenvalue weighted by Gasteiger charge is -2.06. The van der Waals surface area contributed by atoms with Crippen LogP contribution in [0.1, 0.15) is 16.7 Å². The van der Waals surface area contributed by atoms with E-state index in [1.165, 1.54) is 0 Å². The Morgan fingerprint density at radius 2 is 1.84 bits per heavy atom. The Morgan fingerprint density at radius 3 is 2.36 bits per heavy atom. The maximum Gasteiger partial charge on any atom is 0.272 e. The summed E-state index contributed by atoms with van der Waals surface area (Å²) in [5, 5.41) is 28.1. The molecular formula is C16H14N4O4S.